The van der Waals surface area contributed by atoms with Crippen molar-refractivity contribution < 1.29 is 8.42 Å². The fraction of sp³-hybridized carbons (Fsp3) is 0.500. The third kappa shape index (κ3) is 2.02. The number of aromatic nitrogens is 1. The molecular formula is C6H10N2O2S2. The maximum atomic E-state index is 11.0. The van der Waals surface area contributed by atoms with Crippen LogP contribution in [0.15, 0.2) is 9.72 Å². The van der Waals surface area contributed by atoms with E-state index in [0.717, 1.165) is 17.6 Å². The van der Waals surface area contributed by atoms with E-state index in [-0.39, 0.29) is 10.4 Å². The average Bonchev–Trinajstić information content (AvgIpc) is 2.30. The molecule has 4 nitrogen and oxygen atoms in total. The Morgan fingerprint density at radius 1 is 1.67 bits per heavy atom. The SMILES string of the molecule is CC(N)c1csc(S(C)(=O)=O)n1. The van der Waals surface area contributed by atoms with Crippen molar-refractivity contribution in [1.82, 2.24) is 4.98 Å². The second-order valence-corrected chi connectivity index (χ2v) is 5.65. The molecule has 0 spiro atoms. The highest BCUT2D eigenvalue weighted by Crippen LogP contribution is 2.18. The van der Waals surface area contributed by atoms with E-state index in [2.05, 4.69) is 4.98 Å². The first-order chi connectivity index (χ1) is 5.41. The molecule has 12 heavy (non-hydrogen) atoms. The second-order valence-electron chi connectivity index (χ2n) is 2.60. The molecule has 0 aliphatic carbocycles. The van der Waals surface area contributed by atoms with Gasteiger partial charge in [-0.15, -0.1) is 11.3 Å². The van der Waals surface area contributed by atoms with Crippen LogP contribution in [0, 0.1) is 0 Å². The number of nitrogens with zero attached hydrogens (tertiary/aromatic N) is 1. The first kappa shape index (κ1) is 9.63. The highest BCUT2D eigenvalue weighted by Gasteiger charge is 2.13. The molecule has 1 rings (SSSR count). The lowest BCUT2D eigenvalue weighted by molar-refractivity contribution is 0.600. The topological polar surface area (TPSA) is 73.1 Å². The second kappa shape index (κ2) is 3.12. The van der Waals surface area contributed by atoms with Crippen molar-refractivity contribution in [1.29, 1.82) is 0 Å². The Labute approximate surface area is 75.4 Å². The summed E-state index contributed by atoms with van der Waals surface area (Å²) in [6.45, 7) is 1.76. The van der Waals surface area contributed by atoms with Gasteiger partial charge < -0.3 is 5.73 Å². The molecule has 6 heteroatoms. The van der Waals surface area contributed by atoms with Crippen molar-refractivity contribution >= 4 is 21.2 Å². The Kier molecular flexibility index (Phi) is 2.50. The minimum Gasteiger partial charge on any atom is -0.323 e. The Balaban J connectivity index is 3.09. The Bertz CT molecular complexity index is 367. The van der Waals surface area contributed by atoms with Crippen LogP contribution >= 0.6 is 11.3 Å². The minimum atomic E-state index is -3.16. The van der Waals surface area contributed by atoms with Crippen LogP contribution in [0.4, 0.5) is 0 Å². The summed E-state index contributed by atoms with van der Waals surface area (Å²) >= 11 is 1.11. The van der Waals surface area contributed by atoms with Gasteiger partial charge in [-0.05, 0) is 6.92 Å². The third-order valence-corrected chi connectivity index (χ3v) is 3.86. The van der Waals surface area contributed by atoms with Gasteiger partial charge >= 0.3 is 0 Å². The highest BCUT2D eigenvalue weighted by atomic mass is 32.2. The highest BCUT2D eigenvalue weighted by molar-refractivity contribution is 7.92. The molecule has 1 heterocycles. The number of hydrogen-bond donors (Lipinski definition) is 1. The van der Waals surface area contributed by atoms with E-state index in [1.54, 1.807) is 12.3 Å². The van der Waals surface area contributed by atoms with Crippen LogP contribution in [0.25, 0.3) is 0 Å². The molecule has 68 valence electrons. The molecule has 0 saturated heterocycles. The van der Waals surface area contributed by atoms with E-state index in [1.807, 2.05) is 0 Å². The molecule has 1 aromatic rings. The van der Waals surface area contributed by atoms with Crippen LogP contribution in [0.5, 0.6) is 0 Å². The first-order valence-corrected chi connectivity index (χ1v) is 6.09. The van der Waals surface area contributed by atoms with E-state index in [9.17, 15) is 8.42 Å². The molecule has 0 radical (unpaired) electrons. The van der Waals surface area contributed by atoms with E-state index in [0.29, 0.717) is 5.69 Å². The summed E-state index contributed by atoms with van der Waals surface area (Å²) in [5.41, 5.74) is 6.15. The van der Waals surface area contributed by atoms with Gasteiger partial charge in [-0.3, -0.25) is 0 Å². The molecule has 1 aromatic heterocycles. The Morgan fingerprint density at radius 3 is 2.50 bits per heavy atom. The molecule has 2 N–H and O–H groups in total. The van der Waals surface area contributed by atoms with Crippen LogP contribution in [-0.4, -0.2) is 19.7 Å². The van der Waals surface area contributed by atoms with E-state index in [4.69, 9.17) is 5.73 Å². The van der Waals surface area contributed by atoms with Crippen LogP contribution < -0.4 is 5.73 Å². The average molecular weight is 206 g/mol. The van der Waals surface area contributed by atoms with Crippen molar-refractivity contribution in [3.8, 4) is 0 Å². The van der Waals surface area contributed by atoms with Crippen molar-refractivity contribution in [2.24, 2.45) is 5.73 Å². The van der Waals surface area contributed by atoms with Crippen LogP contribution in [0.2, 0.25) is 0 Å². The predicted octanol–water partition coefficient (Wildman–Crippen LogP) is 0.566. The molecule has 0 saturated carbocycles. The molecule has 0 amide bonds. The molecule has 0 aliphatic rings. The number of rotatable bonds is 2. The first-order valence-electron chi connectivity index (χ1n) is 3.32. The van der Waals surface area contributed by atoms with Gasteiger partial charge in [-0.1, -0.05) is 0 Å². The fourth-order valence-corrected chi connectivity index (χ4v) is 2.41. The molecule has 1 unspecified atom stereocenters. The number of thiazole rings is 1. The zero-order valence-corrected chi connectivity index (χ0v) is 8.45. The lowest BCUT2D eigenvalue weighted by atomic mass is 10.3. The third-order valence-electron chi connectivity index (χ3n) is 1.28. The van der Waals surface area contributed by atoms with Crippen LogP contribution in [0.3, 0.4) is 0 Å². The van der Waals surface area contributed by atoms with Crippen molar-refractivity contribution in [3.63, 3.8) is 0 Å². The van der Waals surface area contributed by atoms with Gasteiger partial charge in [-0.2, -0.15) is 0 Å². The summed E-state index contributed by atoms with van der Waals surface area (Å²) < 4.78 is 22.1. The lowest BCUT2D eigenvalue weighted by Crippen LogP contribution is -2.06. The van der Waals surface area contributed by atoms with Gasteiger partial charge in [0.05, 0.1) is 5.69 Å². The smallest absolute Gasteiger partial charge is 0.209 e. The number of nitrogens with two attached hydrogens (primary N) is 1. The number of hydrogen-bond acceptors (Lipinski definition) is 5. The van der Waals surface area contributed by atoms with E-state index < -0.39 is 9.84 Å². The van der Waals surface area contributed by atoms with Gasteiger partial charge in [0.1, 0.15) is 0 Å². The minimum absolute atomic E-state index is 0.134. The van der Waals surface area contributed by atoms with Gasteiger partial charge in [0.25, 0.3) is 0 Å². The largest absolute Gasteiger partial charge is 0.323 e. The summed E-state index contributed by atoms with van der Waals surface area (Å²) in [6.07, 6.45) is 1.14. The number of sulfone groups is 1. The quantitative estimate of drug-likeness (QED) is 0.767. The molecular weight excluding hydrogens is 196 g/mol. The fourth-order valence-electron chi connectivity index (χ4n) is 0.648. The predicted molar refractivity (Wildman–Crippen MR) is 47.8 cm³/mol. The molecule has 0 aliphatic heterocycles. The van der Waals surface area contributed by atoms with E-state index >= 15 is 0 Å². The molecule has 1 atom stereocenters. The summed E-state index contributed by atoms with van der Waals surface area (Å²) in [6, 6.07) is -0.211. The maximum Gasteiger partial charge on any atom is 0.209 e. The van der Waals surface area contributed by atoms with Gasteiger partial charge in [0.15, 0.2) is 0 Å². The monoisotopic (exact) mass is 206 g/mol. The summed E-state index contributed by atoms with van der Waals surface area (Å²) in [4.78, 5) is 3.89. The van der Waals surface area contributed by atoms with Gasteiger partial charge in [0.2, 0.25) is 14.2 Å². The zero-order chi connectivity index (χ0) is 9.35. The zero-order valence-electron chi connectivity index (χ0n) is 6.81. The van der Waals surface area contributed by atoms with Crippen molar-refractivity contribution in [2.45, 2.75) is 17.3 Å². The van der Waals surface area contributed by atoms with E-state index in [1.165, 1.54) is 0 Å². The van der Waals surface area contributed by atoms with Gasteiger partial charge in [0, 0.05) is 17.7 Å². The molecule has 0 bridgehead atoms. The van der Waals surface area contributed by atoms with Crippen molar-refractivity contribution in [2.75, 3.05) is 6.26 Å². The van der Waals surface area contributed by atoms with Gasteiger partial charge in [-0.25, -0.2) is 13.4 Å². The summed E-state index contributed by atoms with van der Waals surface area (Å²) in [5.74, 6) is 0. The van der Waals surface area contributed by atoms with Crippen molar-refractivity contribution in [3.05, 3.63) is 11.1 Å². The summed E-state index contributed by atoms with van der Waals surface area (Å²) in [7, 11) is -3.16. The Hall–Kier alpha value is -0.460. The lowest BCUT2D eigenvalue weighted by Gasteiger charge is -1.96. The molecule has 0 aromatic carbocycles. The molecule has 0 fully saturated rings. The standard InChI is InChI=1S/C6H10N2O2S2/c1-4(7)5-3-11-6(8-5)12(2,9)10/h3-4H,7H2,1-2H3. The van der Waals surface area contributed by atoms with Crippen LogP contribution in [0.1, 0.15) is 18.7 Å². The maximum absolute atomic E-state index is 11.0. The normalized spacial score (nSPS) is 14.6. The van der Waals surface area contributed by atoms with Crippen LogP contribution in [-0.2, 0) is 9.84 Å². The summed E-state index contributed by atoms with van der Waals surface area (Å²) in [5, 5.41) is 1.67. The Morgan fingerprint density at radius 2 is 2.25 bits per heavy atom.